The van der Waals surface area contributed by atoms with Crippen LogP contribution in [0, 0.1) is 6.92 Å². The van der Waals surface area contributed by atoms with E-state index in [4.69, 9.17) is 21.1 Å². The second kappa shape index (κ2) is 34.4. The number of aryl methyl sites for hydroxylation is 1. The van der Waals surface area contributed by atoms with Crippen LogP contribution in [0.15, 0.2) is 24.3 Å². The first-order chi connectivity index (χ1) is 26.8. The van der Waals surface area contributed by atoms with Crippen molar-refractivity contribution in [3.05, 3.63) is 35.4 Å². The fourth-order valence-corrected chi connectivity index (χ4v) is 3.99. The zero-order chi connectivity index (χ0) is 44.3. The molecule has 0 bridgehead atoms. The molecular weight excluding hydrogens is 752 g/mol. The summed E-state index contributed by atoms with van der Waals surface area (Å²) < 4.78 is 0. The summed E-state index contributed by atoms with van der Waals surface area (Å²) in [7, 11) is 0. The minimum atomic E-state index is -1.35. The third-order valence-corrected chi connectivity index (χ3v) is 6.97. The van der Waals surface area contributed by atoms with Crippen molar-refractivity contribution in [3.8, 4) is 0 Å². The number of unbranched alkanes of at least 4 members (excludes halogenated alkanes) is 2. The summed E-state index contributed by atoms with van der Waals surface area (Å²) >= 11 is 0. The van der Waals surface area contributed by atoms with E-state index in [1.165, 1.54) is 0 Å². The molecule has 322 valence electrons. The van der Waals surface area contributed by atoms with E-state index >= 15 is 0 Å². The highest BCUT2D eigenvalue weighted by molar-refractivity contribution is 5.94. The number of primary amides is 1. The molecule has 0 aliphatic carbocycles. The van der Waals surface area contributed by atoms with Gasteiger partial charge in [-0.25, -0.2) is 4.79 Å². The molecule has 1 unspecified atom stereocenters. The number of amides is 6. The molecule has 0 aliphatic heterocycles. The van der Waals surface area contributed by atoms with Gasteiger partial charge in [0.2, 0.25) is 29.5 Å². The minimum absolute atomic E-state index is 0.0422. The molecule has 1 aromatic rings. The van der Waals surface area contributed by atoms with Gasteiger partial charge >= 0.3 is 23.9 Å². The van der Waals surface area contributed by atoms with Crippen LogP contribution < -0.4 is 32.3 Å². The molecule has 1 aromatic carbocycles. The summed E-state index contributed by atoms with van der Waals surface area (Å²) in [5.74, 6) is -7.72. The Bertz CT molecular complexity index is 1440. The number of hydrogen-bond acceptors (Lipinski definition) is 10. The standard InChI is InChI=1S/C29H42N6O10.2C3H6O2.C2H6/c1-18-7-6-8-19(15-18)27(42)31-14-5-4-9-21(29(44)45)35-25(39)17-33-28(43)20(12-13-26(40)41)34-24(38)16-32-23(37)11-3-2-10-22(30)36;2*1-2-3(4)5;1-2/h6-8,15,20-21H,2-5,9-14,16-17H2,1H3,(H2,30,36)(H,31,42)(H,32,37)(H,33,43)(H,34,38)(H,35,39)(H,40,41)(H,44,45);2*2H2,1H3,(H,4,5);1-2H3/t20-,21?;;;/m1.../s1. The quantitative estimate of drug-likeness (QED) is 0.0654. The molecular formula is C37H60N6O14. The fraction of sp³-hybridized carbons (Fsp3) is 0.568. The van der Waals surface area contributed by atoms with E-state index in [1.807, 2.05) is 26.8 Å². The number of nitrogens with one attached hydrogen (secondary N) is 5. The molecule has 0 radical (unpaired) electrons. The molecule has 2 atom stereocenters. The second-order valence-corrected chi connectivity index (χ2v) is 11.8. The Morgan fingerprint density at radius 3 is 1.65 bits per heavy atom. The van der Waals surface area contributed by atoms with Crippen LogP contribution in [0.1, 0.15) is 114 Å². The van der Waals surface area contributed by atoms with E-state index < -0.39 is 85.0 Å². The van der Waals surface area contributed by atoms with Gasteiger partial charge in [0, 0.05) is 44.2 Å². The molecule has 0 saturated carbocycles. The van der Waals surface area contributed by atoms with E-state index in [2.05, 4.69) is 26.6 Å². The Morgan fingerprint density at radius 1 is 0.632 bits per heavy atom. The predicted octanol–water partition coefficient (Wildman–Crippen LogP) is 1.08. The van der Waals surface area contributed by atoms with Crippen LogP contribution >= 0.6 is 0 Å². The van der Waals surface area contributed by atoms with Gasteiger partial charge in [-0.05, 0) is 57.6 Å². The van der Waals surface area contributed by atoms with Gasteiger partial charge in [0.1, 0.15) is 12.1 Å². The van der Waals surface area contributed by atoms with Gasteiger partial charge in [0.05, 0.1) is 13.1 Å². The zero-order valence-electron chi connectivity index (χ0n) is 33.3. The van der Waals surface area contributed by atoms with Crippen molar-refractivity contribution in [3.63, 3.8) is 0 Å². The highest BCUT2D eigenvalue weighted by atomic mass is 16.4. The van der Waals surface area contributed by atoms with E-state index in [0.29, 0.717) is 37.8 Å². The molecule has 0 aromatic heterocycles. The smallest absolute Gasteiger partial charge is 0.326 e. The number of carbonyl (C=O) groups is 10. The molecule has 0 fully saturated rings. The minimum Gasteiger partial charge on any atom is -0.481 e. The van der Waals surface area contributed by atoms with Crippen molar-refractivity contribution in [1.29, 1.82) is 0 Å². The van der Waals surface area contributed by atoms with Crippen LogP contribution in [0.3, 0.4) is 0 Å². The second-order valence-electron chi connectivity index (χ2n) is 11.8. The molecule has 0 spiro atoms. The first-order valence-electron chi connectivity index (χ1n) is 18.5. The molecule has 1 rings (SSSR count). The Balaban J connectivity index is -0.00000212. The van der Waals surface area contributed by atoms with Gasteiger partial charge in [0.15, 0.2) is 0 Å². The van der Waals surface area contributed by atoms with Gasteiger partial charge in [-0.3, -0.25) is 43.2 Å². The molecule has 6 amide bonds. The number of aliphatic carboxylic acids is 4. The maximum absolute atomic E-state index is 12.6. The Morgan fingerprint density at radius 2 is 1.16 bits per heavy atom. The lowest BCUT2D eigenvalue weighted by molar-refractivity contribution is -0.142. The summed E-state index contributed by atoms with van der Waals surface area (Å²) in [6.45, 7) is 8.22. The SMILES string of the molecule is CC.CCC(=O)O.CCC(=O)O.Cc1cccc(C(=O)NCCCCC(NC(=O)CNC(=O)[C@@H](CCC(=O)O)NC(=O)CNC(=O)CCCCC(N)=O)C(=O)O)c1. The van der Waals surface area contributed by atoms with Crippen LogP contribution in [0.5, 0.6) is 0 Å². The number of carbonyl (C=O) groups excluding carboxylic acids is 6. The predicted molar refractivity (Wildman–Crippen MR) is 207 cm³/mol. The van der Waals surface area contributed by atoms with Gasteiger partial charge in [-0.15, -0.1) is 0 Å². The molecule has 0 saturated heterocycles. The number of hydrogen-bond donors (Lipinski definition) is 10. The average Bonchev–Trinajstić information content (AvgIpc) is 3.16. The number of carboxylic acids is 4. The van der Waals surface area contributed by atoms with Crippen molar-refractivity contribution in [2.45, 2.75) is 117 Å². The van der Waals surface area contributed by atoms with E-state index in [0.717, 1.165) is 5.56 Å². The third-order valence-electron chi connectivity index (χ3n) is 6.97. The van der Waals surface area contributed by atoms with Crippen molar-refractivity contribution < 1.29 is 68.4 Å². The Kier molecular flexibility index (Phi) is 33.4. The molecule has 20 nitrogen and oxygen atoms in total. The topological polar surface area (TPSA) is 338 Å². The number of rotatable bonds is 24. The summed E-state index contributed by atoms with van der Waals surface area (Å²) in [6, 6.07) is 4.44. The van der Waals surface area contributed by atoms with Gasteiger partial charge in [-0.2, -0.15) is 0 Å². The highest BCUT2D eigenvalue weighted by Crippen LogP contribution is 2.05. The Hall–Kier alpha value is -6.08. The maximum Gasteiger partial charge on any atom is 0.326 e. The van der Waals surface area contributed by atoms with Gasteiger partial charge in [0.25, 0.3) is 5.91 Å². The molecule has 0 aliphatic rings. The van der Waals surface area contributed by atoms with Crippen LogP contribution in [-0.4, -0.2) is 111 Å². The largest absolute Gasteiger partial charge is 0.481 e. The fourth-order valence-electron chi connectivity index (χ4n) is 3.99. The van der Waals surface area contributed by atoms with Crippen molar-refractivity contribution in [2.24, 2.45) is 5.73 Å². The summed E-state index contributed by atoms with van der Waals surface area (Å²) in [4.78, 5) is 113. The summed E-state index contributed by atoms with van der Waals surface area (Å²) in [5.41, 5.74) is 6.47. The normalized spacial score (nSPS) is 10.7. The van der Waals surface area contributed by atoms with Gasteiger partial charge < -0.3 is 52.7 Å². The lowest BCUT2D eigenvalue weighted by Crippen LogP contribution is -2.52. The highest BCUT2D eigenvalue weighted by Gasteiger charge is 2.24. The monoisotopic (exact) mass is 812 g/mol. The van der Waals surface area contributed by atoms with Crippen LogP contribution in [0.25, 0.3) is 0 Å². The number of carboxylic acid groups (broad SMARTS) is 4. The molecule has 57 heavy (non-hydrogen) atoms. The summed E-state index contributed by atoms with van der Waals surface area (Å²) in [5, 5.41) is 45.9. The lowest BCUT2D eigenvalue weighted by atomic mass is 10.1. The lowest BCUT2D eigenvalue weighted by Gasteiger charge is -2.19. The van der Waals surface area contributed by atoms with Crippen molar-refractivity contribution >= 4 is 59.3 Å². The van der Waals surface area contributed by atoms with E-state index in [1.54, 1.807) is 32.0 Å². The van der Waals surface area contributed by atoms with E-state index in [9.17, 15) is 53.1 Å². The zero-order valence-corrected chi connectivity index (χ0v) is 33.3. The number of benzene rings is 1. The average molecular weight is 813 g/mol. The molecule has 20 heteroatoms. The summed E-state index contributed by atoms with van der Waals surface area (Å²) in [6.07, 6.45) is 1.47. The van der Waals surface area contributed by atoms with Crippen LogP contribution in [-0.2, 0) is 43.2 Å². The van der Waals surface area contributed by atoms with Gasteiger partial charge in [-0.1, -0.05) is 45.4 Å². The number of nitrogens with two attached hydrogens (primary N) is 1. The molecule has 0 heterocycles. The maximum atomic E-state index is 12.6. The molecule has 11 N–H and O–H groups in total. The first-order valence-corrected chi connectivity index (χ1v) is 18.5. The Labute approximate surface area is 332 Å². The van der Waals surface area contributed by atoms with Crippen molar-refractivity contribution in [1.82, 2.24) is 26.6 Å². The van der Waals surface area contributed by atoms with Crippen LogP contribution in [0.4, 0.5) is 0 Å². The third kappa shape index (κ3) is 34.2. The first kappa shape index (κ1) is 55.3. The van der Waals surface area contributed by atoms with E-state index in [-0.39, 0.29) is 44.4 Å². The van der Waals surface area contributed by atoms with Crippen LogP contribution in [0.2, 0.25) is 0 Å². The van der Waals surface area contributed by atoms with Crippen molar-refractivity contribution in [2.75, 3.05) is 19.6 Å².